The van der Waals surface area contributed by atoms with Gasteiger partial charge in [0.1, 0.15) is 4.90 Å². The number of halogens is 1. The van der Waals surface area contributed by atoms with E-state index in [1.807, 2.05) is 18.2 Å². The zero-order valence-electron chi connectivity index (χ0n) is 11.5. The maximum atomic E-state index is 12.6. The number of nitrogens with two attached hydrogens (primary N) is 1. The molecular formula is C16H16ClNO2S. The molecule has 0 unspecified atom stereocenters. The van der Waals surface area contributed by atoms with Gasteiger partial charge >= 0.3 is 0 Å². The number of nitrogen functional groups attached to an aromatic ring is 1. The molecule has 0 saturated heterocycles. The zero-order chi connectivity index (χ0) is 15.0. The second-order valence-corrected chi connectivity index (χ2v) is 7.71. The van der Waals surface area contributed by atoms with Gasteiger partial charge in [-0.25, -0.2) is 8.42 Å². The molecule has 1 aliphatic carbocycles. The molecule has 0 bridgehead atoms. The van der Waals surface area contributed by atoms with Crippen LogP contribution in [-0.4, -0.2) is 8.42 Å². The Morgan fingerprint density at radius 1 is 1.10 bits per heavy atom. The Bertz CT molecular complexity index is 780. The molecule has 0 fully saturated rings. The number of hydrogen-bond acceptors (Lipinski definition) is 3. The van der Waals surface area contributed by atoms with Crippen LogP contribution in [0.15, 0.2) is 41.3 Å². The summed E-state index contributed by atoms with van der Waals surface area (Å²) in [5.74, 6) is -0.0752. The first-order chi connectivity index (χ1) is 9.97. The second-order valence-electron chi connectivity index (χ2n) is 5.37. The van der Waals surface area contributed by atoms with Crippen LogP contribution < -0.4 is 5.73 Å². The van der Waals surface area contributed by atoms with Crippen LogP contribution in [0.4, 0.5) is 5.69 Å². The summed E-state index contributed by atoms with van der Waals surface area (Å²) in [7, 11) is -3.55. The summed E-state index contributed by atoms with van der Waals surface area (Å²) in [4.78, 5) is 0.0344. The predicted octanol–water partition coefficient (Wildman–Crippen LogP) is 3.38. The Labute approximate surface area is 129 Å². The Morgan fingerprint density at radius 2 is 1.86 bits per heavy atom. The monoisotopic (exact) mass is 321 g/mol. The van der Waals surface area contributed by atoms with E-state index in [1.165, 1.54) is 11.1 Å². The quantitative estimate of drug-likeness (QED) is 0.881. The van der Waals surface area contributed by atoms with Gasteiger partial charge in [-0.3, -0.25) is 0 Å². The van der Waals surface area contributed by atoms with Crippen molar-refractivity contribution < 1.29 is 8.42 Å². The van der Waals surface area contributed by atoms with Gasteiger partial charge in [-0.1, -0.05) is 35.9 Å². The highest BCUT2D eigenvalue weighted by atomic mass is 35.5. The van der Waals surface area contributed by atoms with Crippen molar-refractivity contribution in [3.8, 4) is 0 Å². The van der Waals surface area contributed by atoms with Crippen LogP contribution in [0.3, 0.4) is 0 Å². The summed E-state index contributed by atoms with van der Waals surface area (Å²) >= 11 is 6.01. The lowest BCUT2D eigenvalue weighted by molar-refractivity contribution is 0.595. The Balaban J connectivity index is 1.97. The molecule has 0 aromatic heterocycles. The van der Waals surface area contributed by atoms with Gasteiger partial charge in [0.25, 0.3) is 0 Å². The molecule has 2 aromatic carbocycles. The summed E-state index contributed by atoms with van der Waals surface area (Å²) < 4.78 is 25.2. The SMILES string of the molecule is Nc1cccc(Cl)c1S(=O)(=O)Cc1ccc2c(c1)CCC2. The van der Waals surface area contributed by atoms with Crippen molar-refractivity contribution in [2.45, 2.75) is 29.9 Å². The molecule has 0 atom stereocenters. The van der Waals surface area contributed by atoms with Crippen molar-refractivity contribution in [3.05, 3.63) is 58.1 Å². The van der Waals surface area contributed by atoms with Crippen LogP contribution in [0.25, 0.3) is 0 Å². The number of aryl methyl sites for hydroxylation is 2. The molecule has 2 N–H and O–H groups in total. The molecule has 3 nitrogen and oxygen atoms in total. The molecule has 0 aliphatic heterocycles. The molecule has 110 valence electrons. The average Bonchev–Trinajstić information content (AvgIpc) is 2.85. The van der Waals surface area contributed by atoms with Crippen molar-refractivity contribution in [3.63, 3.8) is 0 Å². The molecule has 0 heterocycles. The van der Waals surface area contributed by atoms with Crippen molar-refractivity contribution in [1.29, 1.82) is 0 Å². The molecule has 5 heteroatoms. The molecular weight excluding hydrogens is 306 g/mol. The molecule has 21 heavy (non-hydrogen) atoms. The fourth-order valence-electron chi connectivity index (χ4n) is 2.86. The van der Waals surface area contributed by atoms with Crippen LogP contribution in [0.2, 0.25) is 5.02 Å². The van der Waals surface area contributed by atoms with Crippen LogP contribution in [0.5, 0.6) is 0 Å². The van der Waals surface area contributed by atoms with E-state index in [1.54, 1.807) is 18.2 Å². The smallest absolute Gasteiger partial charge is 0.186 e. The first-order valence-corrected chi connectivity index (χ1v) is 8.88. The predicted molar refractivity (Wildman–Crippen MR) is 85.2 cm³/mol. The summed E-state index contributed by atoms with van der Waals surface area (Å²) in [6.07, 6.45) is 3.25. The van der Waals surface area contributed by atoms with Crippen LogP contribution >= 0.6 is 11.6 Å². The first-order valence-electron chi connectivity index (χ1n) is 6.85. The normalized spacial score (nSPS) is 14.1. The third-order valence-corrected chi connectivity index (χ3v) is 6.05. The number of sulfone groups is 1. The van der Waals surface area contributed by atoms with Gasteiger partial charge in [0.2, 0.25) is 0 Å². The van der Waals surface area contributed by atoms with E-state index in [9.17, 15) is 8.42 Å². The van der Waals surface area contributed by atoms with E-state index in [-0.39, 0.29) is 21.4 Å². The Hall–Kier alpha value is -1.52. The second kappa shape index (κ2) is 5.35. The van der Waals surface area contributed by atoms with Gasteiger partial charge in [0.05, 0.1) is 16.5 Å². The van der Waals surface area contributed by atoms with Gasteiger partial charge in [-0.15, -0.1) is 0 Å². The van der Waals surface area contributed by atoms with Crippen molar-refractivity contribution >= 4 is 27.1 Å². The minimum absolute atomic E-state index is 0.0344. The minimum atomic E-state index is -3.55. The van der Waals surface area contributed by atoms with Gasteiger partial charge in [-0.05, 0) is 48.1 Å². The summed E-state index contributed by atoms with van der Waals surface area (Å²) in [6.45, 7) is 0. The van der Waals surface area contributed by atoms with Gasteiger partial charge in [-0.2, -0.15) is 0 Å². The summed E-state index contributed by atoms with van der Waals surface area (Å²) in [5, 5.41) is 0.177. The van der Waals surface area contributed by atoms with E-state index in [4.69, 9.17) is 17.3 Å². The van der Waals surface area contributed by atoms with Crippen LogP contribution in [0.1, 0.15) is 23.1 Å². The number of anilines is 1. The highest BCUT2D eigenvalue weighted by Crippen LogP contribution is 2.31. The highest BCUT2D eigenvalue weighted by molar-refractivity contribution is 7.91. The van der Waals surface area contributed by atoms with E-state index in [0.717, 1.165) is 24.8 Å². The third-order valence-electron chi connectivity index (χ3n) is 3.83. The standard InChI is InChI=1S/C16H16ClNO2S/c17-14-5-2-6-15(18)16(14)21(19,20)10-11-7-8-12-3-1-4-13(12)9-11/h2,5-9H,1,3-4,10,18H2. The maximum Gasteiger partial charge on any atom is 0.186 e. The lowest BCUT2D eigenvalue weighted by atomic mass is 10.1. The fourth-order valence-corrected chi connectivity index (χ4v) is 4.95. The summed E-state index contributed by atoms with van der Waals surface area (Å²) in [5.41, 5.74) is 9.36. The molecule has 1 aliphatic rings. The van der Waals surface area contributed by atoms with Gasteiger partial charge in [0, 0.05) is 0 Å². The number of benzene rings is 2. The molecule has 3 rings (SSSR count). The van der Waals surface area contributed by atoms with E-state index in [0.29, 0.717) is 0 Å². The van der Waals surface area contributed by atoms with E-state index < -0.39 is 9.84 Å². The fraction of sp³-hybridized carbons (Fsp3) is 0.250. The number of rotatable bonds is 3. The Kier molecular flexibility index (Phi) is 3.68. The zero-order valence-corrected chi connectivity index (χ0v) is 13.0. The molecule has 0 spiro atoms. The van der Waals surface area contributed by atoms with E-state index in [2.05, 4.69) is 0 Å². The van der Waals surface area contributed by atoms with Crippen molar-refractivity contribution in [1.82, 2.24) is 0 Å². The number of hydrogen-bond donors (Lipinski definition) is 1. The highest BCUT2D eigenvalue weighted by Gasteiger charge is 2.22. The van der Waals surface area contributed by atoms with Crippen LogP contribution in [-0.2, 0) is 28.4 Å². The Morgan fingerprint density at radius 3 is 2.62 bits per heavy atom. The topological polar surface area (TPSA) is 60.2 Å². The van der Waals surface area contributed by atoms with Gasteiger partial charge in [0.15, 0.2) is 9.84 Å². The molecule has 0 radical (unpaired) electrons. The first kappa shape index (κ1) is 14.4. The average molecular weight is 322 g/mol. The number of fused-ring (bicyclic) bond motifs is 1. The maximum absolute atomic E-state index is 12.6. The van der Waals surface area contributed by atoms with Crippen molar-refractivity contribution in [2.24, 2.45) is 0 Å². The largest absolute Gasteiger partial charge is 0.398 e. The molecule has 2 aromatic rings. The lowest BCUT2D eigenvalue weighted by Crippen LogP contribution is -2.09. The molecule has 0 amide bonds. The third kappa shape index (κ3) is 2.78. The summed E-state index contributed by atoms with van der Waals surface area (Å²) in [6, 6.07) is 10.7. The van der Waals surface area contributed by atoms with Crippen molar-refractivity contribution in [2.75, 3.05) is 5.73 Å². The van der Waals surface area contributed by atoms with Crippen LogP contribution in [0, 0.1) is 0 Å². The lowest BCUT2D eigenvalue weighted by Gasteiger charge is -2.10. The minimum Gasteiger partial charge on any atom is -0.398 e. The molecule has 0 saturated carbocycles. The van der Waals surface area contributed by atoms with E-state index >= 15 is 0 Å². The van der Waals surface area contributed by atoms with Gasteiger partial charge < -0.3 is 5.73 Å².